The van der Waals surface area contributed by atoms with Crippen LogP contribution in [-0.4, -0.2) is 42.5 Å². The van der Waals surface area contributed by atoms with Gasteiger partial charge in [0.2, 0.25) is 5.88 Å². The molecule has 1 heterocycles. The second-order valence-electron chi connectivity index (χ2n) is 4.90. The summed E-state index contributed by atoms with van der Waals surface area (Å²) in [5.74, 6) is 0.244. The lowest BCUT2D eigenvalue weighted by molar-refractivity contribution is -0.107. The van der Waals surface area contributed by atoms with Gasteiger partial charge in [-0.25, -0.2) is 0 Å². The van der Waals surface area contributed by atoms with Gasteiger partial charge in [-0.15, -0.1) is 0 Å². The van der Waals surface area contributed by atoms with Gasteiger partial charge in [0.1, 0.15) is 23.7 Å². The van der Waals surface area contributed by atoms with Crippen LogP contribution in [0.1, 0.15) is 22.8 Å². The SMILES string of the molecule is CCOc1nc(Nc2ccc(C(=O)NCC=O)cc2)cc(N)c1C#N.CO. The molecule has 0 bridgehead atoms. The Bertz CT molecular complexity index is 816. The van der Waals surface area contributed by atoms with Gasteiger partial charge in [0.25, 0.3) is 5.91 Å². The van der Waals surface area contributed by atoms with Crippen molar-refractivity contribution in [2.24, 2.45) is 0 Å². The van der Waals surface area contributed by atoms with Gasteiger partial charge in [-0.3, -0.25) is 4.79 Å². The van der Waals surface area contributed by atoms with E-state index in [0.717, 1.165) is 7.11 Å². The van der Waals surface area contributed by atoms with Crippen molar-refractivity contribution >= 4 is 29.4 Å². The average molecular weight is 371 g/mol. The van der Waals surface area contributed by atoms with E-state index in [4.69, 9.17) is 20.8 Å². The summed E-state index contributed by atoms with van der Waals surface area (Å²) in [6, 6.07) is 10.1. The number of nitrogens with one attached hydrogen (secondary N) is 2. The molecular formula is C18H21N5O4. The molecule has 0 saturated carbocycles. The standard InChI is InChI=1S/C17H17N5O3.CH4O/c1-2-25-17-13(10-18)14(19)9-15(22-17)21-12-5-3-11(4-6-12)16(24)20-7-8-23;1-2/h3-6,8-9H,2,7H2,1H3,(H,20,24)(H3,19,21,22);2H,1H3. The molecule has 0 spiro atoms. The first-order valence-corrected chi connectivity index (χ1v) is 7.96. The van der Waals surface area contributed by atoms with Gasteiger partial charge in [0.15, 0.2) is 0 Å². The topological polar surface area (TPSA) is 150 Å². The molecule has 0 atom stereocenters. The number of ether oxygens (including phenoxy) is 1. The van der Waals surface area contributed by atoms with Crippen molar-refractivity contribution in [1.29, 1.82) is 5.26 Å². The van der Waals surface area contributed by atoms with E-state index in [1.54, 1.807) is 31.2 Å². The maximum Gasteiger partial charge on any atom is 0.251 e. The fraction of sp³-hybridized carbons (Fsp3) is 0.222. The number of aldehydes is 1. The number of aromatic nitrogens is 1. The summed E-state index contributed by atoms with van der Waals surface area (Å²) in [5, 5.41) is 21.6. The molecule has 9 heteroatoms. The lowest BCUT2D eigenvalue weighted by Crippen LogP contribution is -2.24. The number of hydrogen-bond donors (Lipinski definition) is 4. The number of pyridine rings is 1. The van der Waals surface area contributed by atoms with Gasteiger partial charge in [-0.2, -0.15) is 10.2 Å². The quantitative estimate of drug-likeness (QED) is 0.530. The Kier molecular flexibility index (Phi) is 8.77. The second-order valence-corrected chi connectivity index (χ2v) is 4.90. The van der Waals surface area contributed by atoms with E-state index >= 15 is 0 Å². The zero-order valence-electron chi connectivity index (χ0n) is 15.0. The number of benzene rings is 1. The minimum Gasteiger partial charge on any atom is -0.477 e. The van der Waals surface area contributed by atoms with Crippen LogP contribution in [-0.2, 0) is 4.79 Å². The molecule has 1 aromatic heterocycles. The Morgan fingerprint density at radius 1 is 1.37 bits per heavy atom. The normalized spacial score (nSPS) is 9.26. The molecule has 1 amide bonds. The number of aliphatic hydroxyl groups excluding tert-OH is 1. The molecule has 1 aromatic carbocycles. The van der Waals surface area contributed by atoms with Crippen molar-refractivity contribution < 1.29 is 19.4 Å². The highest BCUT2D eigenvalue weighted by atomic mass is 16.5. The zero-order valence-corrected chi connectivity index (χ0v) is 15.0. The van der Waals surface area contributed by atoms with Crippen LogP contribution in [0.25, 0.3) is 0 Å². The van der Waals surface area contributed by atoms with Gasteiger partial charge in [0.05, 0.1) is 18.8 Å². The first-order valence-electron chi connectivity index (χ1n) is 7.96. The van der Waals surface area contributed by atoms with Crippen LogP contribution < -0.4 is 21.1 Å². The number of nitrogens with two attached hydrogens (primary N) is 1. The average Bonchev–Trinajstić information content (AvgIpc) is 2.68. The molecule has 2 aromatic rings. The van der Waals surface area contributed by atoms with E-state index in [0.29, 0.717) is 30.0 Å². The van der Waals surface area contributed by atoms with E-state index < -0.39 is 0 Å². The number of anilines is 3. The Morgan fingerprint density at radius 3 is 2.59 bits per heavy atom. The number of hydrogen-bond acceptors (Lipinski definition) is 8. The monoisotopic (exact) mass is 371 g/mol. The molecule has 2 rings (SSSR count). The van der Waals surface area contributed by atoms with Crippen molar-refractivity contribution in [2.45, 2.75) is 6.92 Å². The second kappa shape index (κ2) is 11.1. The van der Waals surface area contributed by atoms with Crippen molar-refractivity contribution in [3.63, 3.8) is 0 Å². The smallest absolute Gasteiger partial charge is 0.251 e. The van der Waals surface area contributed by atoms with Crippen molar-refractivity contribution in [3.8, 4) is 11.9 Å². The summed E-state index contributed by atoms with van der Waals surface area (Å²) in [7, 11) is 1.00. The molecule has 0 saturated heterocycles. The van der Waals surface area contributed by atoms with Crippen LogP contribution in [0.2, 0.25) is 0 Å². The fourth-order valence-electron chi connectivity index (χ4n) is 2.05. The molecule has 5 N–H and O–H groups in total. The van der Waals surface area contributed by atoms with Gasteiger partial charge in [-0.1, -0.05) is 0 Å². The van der Waals surface area contributed by atoms with E-state index in [-0.39, 0.29) is 29.6 Å². The number of nitrogen functional groups attached to an aromatic ring is 1. The minimum atomic E-state index is -0.335. The molecule has 0 fully saturated rings. The first kappa shape index (κ1) is 21.4. The number of nitriles is 1. The van der Waals surface area contributed by atoms with E-state index in [1.165, 1.54) is 6.07 Å². The number of rotatable bonds is 7. The summed E-state index contributed by atoms with van der Waals surface area (Å²) in [6.45, 7) is 2.11. The summed E-state index contributed by atoms with van der Waals surface area (Å²) >= 11 is 0. The van der Waals surface area contributed by atoms with Crippen LogP contribution in [0, 0.1) is 11.3 Å². The number of aliphatic hydroxyl groups is 1. The molecule has 0 aliphatic rings. The minimum absolute atomic E-state index is 0.0342. The predicted molar refractivity (Wildman–Crippen MR) is 101 cm³/mol. The van der Waals surface area contributed by atoms with Gasteiger partial charge in [0, 0.05) is 24.4 Å². The van der Waals surface area contributed by atoms with E-state index in [2.05, 4.69) is 15.6 Å². The number of amides is 1. The molecule has 0 unspecified atom stereocenters. The Morgan fingerprint density at radius 2 is 2.04 bits per heavy atom. The molecule has 142 valence electrons. The molecule has 0 aliphatic heterocycles. The third kappa shape index (κ3) is 5.98. The molecule has 0 aliphatic carbocycles. The number of nitrogens with zero attached hydrogens (tertiary/aromatic N) is 2. The highest BCUT2D eigenvalue weighted by Crippen LogP contribution is 2.26. The first-order chi connectivity index (χ1) is 13.1. The van der Waals surface area contributed by atoms with Crippen LogP contribution in [0.15, 0.2) is 30.3 Å². The number of carbonyl (C=O) groups excluding carboxylic acids is 2. The highest BCUT2D eigenvalue weighted by molar-refractivity contribution is 5.95. The highest BCUT2D eigenvalue weighted by Gasteiger charge is 2.12. The van der Waals surface area contributed by atoms with Crippen LogP contribution in [0.4, 0.5) is 17.2 Å². The summed E-state index contributed by atoms with van der Waals surface area (Å²) in [5.41, 5.74) is 7.41. The van der Waals surface area contributed by atoms with Gasteiger partial charge >= 0.3 is 0 Å². The molecular weight excluding hydrogens is 350 g/mol. The molecule has 0 radical (unpaired) electrons. The largest absolute Gasteiger partial charge is 0.477 e. The third-order valence-electron chi connectivity index (χ3n) is 3.18. The Hall–Kier alpha value is -3.64. The Balaban J connectivity index is 0.00000176. The van der Waals surface area contributed by atoms with Crippen molar-refractivity contribution in [3.05, 3.63) is 41.5 Å². The maximum atomic E-state index is 11.7. The fourth-order valence-corrected chi connectivity index (χ4v) is 2.05. The Labute approximate surface area is 156 Å². The molecule has 9 nitrogen and oxygen atoms in total. The maximum absolute atomic E-state index is 11.7. The van der Waals surface area contributed by atoms with Crippen molar-refractivity contribution in [2.75, 3.05) is 31.3 Å². The van der Waals surface area contributed by atoms with Gasteiger partial charge in [-0.05, 0) is 31.2 Å². The zero-order chi connectivity index (χ0) is 20.2. The van der Waals surface area contributed by atoms with E-state index in [1.807, 2.05) is 6.07 Å². The van der Waals surface area contributed by atoms with Crippen molar-refractivity contribution in [1.82, 2.24) is 10.3 Å². The summed E-state index contributed by atoms with van der Waals surface area (Å²) in [6.07, 6.45) is 0.616. The van der Waals surface area contributed by atoms with Crippen LogP contribution in [0.3, 0.4) is 0 Å². The van der Waals surface area contributed by atoms with Crippen LogP contribution >= 0.6 is 0 Å². The third-order valence-corrected chi connectivity index (χ3v) is 3.18. The molecule has 27 heavy (non-hydrogen) atoms. The van der Waals surface area contributed by atoms with Crippen LogP contribution in [0.5, 0.6) is 5.88 Å². The number of carbonyl (C=O) groups is 2. The van der Waals surface area contributed by atoms with Gasteiger partial charge < -0.3 is 31.0 Å². The lowest BCUT2D eigenvalue weighted by atomic mass is 10.2. The lowest BCUT2D eigenvalue weighted by Gasteiger charge is -2.11. The predicted octanol–water partition coefficient (Wildman–Crippen LogP) is 1.21. The summed E-state index contributed by atoms with van der Waals surface area (Å²) in [4.78, 5) is 26.2. The summed E-state index contributed by atoms with van der Waals surface area (Å²) < 4.78 is 5.34. The van der Waals surface area contributed by atoms with E-state index in [9.17, 15) is 9.59 Å².